The second kappa shape index (κ2) is 6.62. The van der Waals surface area contributed by atoms with Gasteiger partial charge < -0.3 is 10.2 Å². The molecule has 6 heteroatoms. The maximum atomic E-state index is 12.2. The van der Waals surface area contributed by atoms with Gasteiger partial charge in [0.25, 0.3) is 5.91 Å². The van der Waals surface area contributed by atoms with E-state index in [0.29, 0.717) is 15.6 Å². The minimum atomic E-state index is -0.0388. The number of likely N-dealkylation sites (N-methyl/N-ethyl adjacent to an activating group) is 1. The van der Waals surface area contributed by atoms with E-state index in [2.05, 4.69) is 5.32 Å². The predicted octanol–water partition coefficient (Wildman–Crippen LogP) is 2.85. The van der Waals surface area contributed by atoms with Crippen LogP contribution >= 0.6 is 35.6 Å². The zero-order valence-corrected chi connectivity index (χ0v) is 12.3. The molecule has 0 spiro atoms. The van der Waals surface area contributed by atoms with Gasteiger partial charge in [-0.1, -0.05) is 23.2 Å². The fourth-order valence-electron chi connectivity index (χ4n) is 2.02. The fraction of sp³-hybridized carbons (Fsp3) is 0.417. The molecule has 0 radical (unpaired) electrons. The smallest absolute Gasteiger partial charge is 0.253 e. The molecule has 2 rings (SSSR count). The van der Waals surface area contributed by atoms with E-state index < -0.39 is 0 Å². The predicted molar refractivity (Wildman–Crippen MR) is 77.1 cm³/mol. The van der Waals surface area contributed by atoms with Crippen LogP contribution in [0, 0.1) is 0 Å². The summed E-state index contributed by atoms with van der Waals surface area (Å²) in [6, 6.07) is 5.17. The molecule has 1 aliphatic rings. The summed E-state index contributed by atoms with van der Waals surface area (Å²) in [7, 11) is 1.81. The first-order valence-electron chi connectivity index (χ1n) is 5.52. The molecule has 0 aromatic heterocycles. The third kappa shape index (κ3) is 3.51. The summed E-state index contributed by atoms with van der Waals surface area (Å²) in [5.41, 5.74) is 0.539. The zero-order valence-electron chi connectivity index (χ0n) is 9.95. The maximum absolute atomic E-state index is 12.2. The van der Waals surface area contributed by atoms with E-state index in [1.807, 2.05) is 7.05 Å². The third-order valence-electron chi connectivity index (χ3n) is 3.01. The Morgan fingerprint density at radius 1 is 1.33 bits per heavy atom. The highest BCUT2D eigenvalue weighted by molar-refractivity contribution is 6.35. The molecule has 1 aromatic carbocycles. The van der Waals surface area contributed by atoms with Crippen LogP contribution < -0.4 is 5.32 Å². The molecule has 3 nitrogen and oxygen atoms in total. The Morgan fingerprint density at radius 2 is 1.94 bits per heavy atom. The van der Waals surface area contributed by atoms with Gasteiger partial charge in [0, 0.05) is 35.2 Å². The van der Waals surface area contributed by atoms with Gasteiger partial charge in [0.2, 0.25) is 0 Å². The SMILES string of the molecule is CN(C(=O)c1cc(Cl)cc(Cl)c1)C1CCNC1.Cl. The average Bonchev–Trinajstić information content (AvgIpc) is 2.79. The number of amides is 1. The summed E-state index contributed by atoms with van der Waals surface area (Å²) in [6.45, 7) is 1.80. The minimum Gasteiger partial charge on any atom is -0.337 e. The number of rotatable bonds is 2. The largest absolute Gasteiger partial charge is 0.337 e. The van der Waals surface area contributed by atoms with Crippen LogP contribution in [0.15, 0.2) is 18.2 Å². The minimum absolute atomic E-state index is 0. The number of nitrogens with one attached hydrogen (secondary N) is 1. The van der Waals surface area contributed by atoms with Crippen molar-refractivity contribution >= 4 is 41.5 Å². The quantitative estimate of drug-likeness (QED) is 0.911. The molecular weight excluding hydrogens is 295 g/mol. The van der Waals surface area contributed by atoms with E-state index in [9.17, 15) is 4.79 Å². The summed E-state index contributed by atoms with van der Waals surface area (Å²) >= 11 is 11.8. The molecule has 1 unspecified atom stereocenters. The van der Waals surface area contributed by atoms with Gasteiger partial charge in [-0.2, -0.15) is 0 Å². The van der Waals surface area contributed by atoms with Gasteiger partial charge in [-0.15, -0.1) is 12.4 Å². The second-order valence-electron chi connectivity index (χ2n) is 4.22. The van der Waals surface area contributed by atoms with Crippen molar-refractivity contribution in [3.05, 3.63) is 33.8 Å². The molecule has 0 saturated carbocycles. The molecule has 1 atom stereocenters. The van der Waals surface area contributed by atoms with Crippen LogP contribution in [0.25, 0.3) is 0 Å². The molecular formula is C12H15Cl3N2O. The highest BCUT2D eigenvalue weighted by Crippen LogP contribution is 2.21. The van der Waals surface area contributed by atoms with Crippen molar-refractivity contribution in [2.75, 3.05) is 20.1 Å². The summed E-state index contributed by atoms with van der Waals surface area (Å²) in [6.07, 6.45) is 0.983. The van der Waals surface area contributed by atoms with Crippen LogP contribution in [0.5, 0.6) is 0 Å². The molecule has 100 valence electrons. The van der Waals surface area contributed by atoms with Crippen molar-refractivity contribution in [3.63, 3.8) is 0 Å². The second-order valence-corrected chi connectivity index (χ2v) is 5.09. The normalized spacial score (nSPS) is 18.3. The van der Waals surface area contributed by atoms with Crippen molar-refractivity contribution in [1.82, 2.24) is 10.2 Å². The highest BCUT2D eigenvalue weighted by Gasteiger charge is 2.24. The van der Waals surface area contributed by atoms with Gasteiger partial charge in [0.1, 0.15) is 0 Å². The lowest BCUT2D eigenvalue weighted by Gasteiger charge is -2.24. The maximum Gasteiger partial charge on any atom is 0.253 e. The summed E-state index contributed by atoms with van der Waals surface area (Å²) in [5.74, 6) is -0.0388. The molecule has 1 amide bonds. The molecule has 1 N–H and O–H groups in total. The molecule has 1 heterocycles. The first-order chi connectivity index (χ1) is 8.08. The van der Waals surface area contributed by atoms with Gasteiger partial charge in [-0.25, -0.2) is 0 Å². The lowest BCUT2D eigenvalue weighted by atomic mass is 10.1. The van der Waals surface area contributed by atoms with E-state index >= 15 is 0 Å². The number of benzene rings is 1. The molecule has 1 saturated heterocycles. The Morgan fingerprint density at radius 3 is 2.44 bits per heavy atom. The van der Waals surface area contributed by atoms with Gasteiger partial charge >= 0.3 is 0 Å². The highest BCUT2D eigenvalue weighted by atomic mass is 35.5. The Balaban J connectivity index is 0.00000162. The molecule has 0 bridgehead atoms. The van der Waals surface area contributed by atoms with Crippen LogP contribution in [-0.4, -0.2) is 37.0 Å². The summed E-state index contributed by atoms with van der Waals surface area (Å²) < 4.78 is 0. The molecule has 0 aliphatic carbocycles. The standard InChI is InChI=1S/C12H14Cl2N2O.ClH/c1-16(11-2-3-15-7-11)12(17)8-4-9(13)6-10(14)5-8;/h4-6,11,15H,2-3,7H2,1H3;1H. The van der Waals surface area contributed by atoms with Crippen LogP contribution in [-0.2, 0) is 0 Å². The molecule has 1 aliphatic heterocycles. The van der Waals surface area contributed by atoms with Crippen molar-refractivity contribution in [3.8, 4) is 0 Å². The topological polar surface area (TPSA) is 32.3 Å². The zero-order chi connectivity index (χ0) is 12.4. The number of hydrogen-bond donors (Lipinski definition) is 1. The van der Waals surface area contributed by atoms with Crippen LogP contribution in [0.4, 0.5) is 0 Å². The van der Waals surface area contributed by atoms with E-state index in [4.69, 9.17) is 23.2 Å². The van der Waals surface area contributed by atoms with E-state index in [1.165, 1.54) is 0 Å². The van der Waals surface area contributed by atoms with Crippen molar-refractivity contribution in [1.29, 1.82) is 0 Å². The first-order valence-corrected chi connectivity index (χ1v) is 6.27. The van der Waals surface area contributed by atoms with Crippen LogP contribution in [0.1, 0.15) is 16.8 Å². The molecule has 18 heavy (non-hydrogen) atoms. The average molecular weight is 310 g/mol. The van der Waals surface area contributed by atoms with Crippen LogP contribution in [0.2, 0.25) is 10.0 Å². The first kappa shape index (κ1) is 15.6. The third-order valence-corrected chi connectivity index (χ3v) is 3.45. The van der Waals surface area contributed by atoms with E-state index in [-0.39, 0.29) is 24.4 Å². The number of nitrogens with zero attached hydrogens (tertiary/aromatic N) is 1. The Kier molecular flexibility index (Phi) is 5.73. The fourth-order valence-corrected chi connectivity index (χ4v) is 2.54. The Labute approximate surface area is 123 Å². The van der Waals surface area contributed by atoms with Crippen LogP contribution in [0.3, 0.4) is 0 Å². The van der Waals surface area contributed by atoms with Gasteiger partial charge in [-0.3, -0.25) is 4.79 Å². The van der Waals surface area contributed by atoms with Gasteiger partial charge in [0.05, 0.1) is 0 Å². The molecule has 1 fully saturated rings. The van der Waals surface area contributed by atoms with Gasteiger partial charge in [0.15, 0.2) is 0 Å². The number of carbonyl (C=O) groups excluding carboxylic acids is 1. The van der Waals surface area contributed by atoms with Crippen molar-refractivity contribution < 1.29 is 4.79 Å². The lowest BCUT2D eigenvalue weighted by Crippen LogP contribution is -2.38. The summed E-state index contributed by atoms with van der Waals surface area (Å²) in [5, 5.41) is 4.21. The van der Waals surface area contributed by atoms with Gasteiger partial charge in [-0.05, 0) is 31.2 Å². The van der Waals surface area contributed by atoms with Crippen molar-refractivity contribution in [2.45, 2.75) is 12.5 Å². The summed E-state index contributed by atoms with van der Waals surface area (Å²) in [4.78, 5) is 14.0. The monoisotopic (exact) mass is 308 g/mol. The van der Waals surface area contributed by atoms with E-state index in [1.54, 1.807) is 23.1 Å². The Bertz CT molecular complexity index is 413. The molecule has 1 aromatic rings. The number of carbonyl (C=O) groups is 1. The Hall–Kier alpha value is -0.480. The number of hydrogen-bond acceptors (Lipinski definition) is 2. The lowest BCUT2D eigenvalue weighted by molar-refractivity contribution is 0.0744. The van der Waals surface area contributed by atoms with E-state index in [0.717, 1.165) is 19.5 Å². The van der Waals surface area contributed by atoms with Crippen molar-refractivity contribution in [2.24, 2.45) is 0 Å². The number of halogens is 3.